The van der Waals surface area contributed by atoms with Crippen molar-refractivity contribution in [2.24, 2.45) is 0 Å². The van der Waals surface area contributed by atoms with E-state index in [1.54, 1.807) is 0 Å². The molecule has 1 saturated heterocycles. The monoisotopic (exact) mass is 459 g/mol. The van der Waals surface area contributed by atoms with Gasteiger partial charge in [-0.2, -0.15) is 5.10 Å². The number of urea groups is 1. The Kier molecular flexibility index (Phi) is 7.16. The fourth-order valence-electron chi connectivity index (χ4n) is 4.34. The molecule has 2 aromatic carbocycles. The standard InChI is InChI=1S/C26H33N7O/c34-26(28-23-11-9-22(10-12-23)25-29-24(30-31-25)21-7-8-21)27-13-4-14-32-15-17-33(18-16-32)19-20-5-2-1-3-6-20/h1-3,5-6,9-12,21H,4,7-8,13-19H2,(H2,27,28,34)(H,29,30,31). The molecule has 5 rings (SSSR count). The molecule has 0 unspecified atom stereocenters. The molecule has 2 amide bonds. The molecule has 2 heterocycles. The number of nitrogens with zero attached hydrogens (tertiary/aromatic N) is 4. The van der Waals surface area contributed by atoms with Crippen molar-refractivity contribution in [2.45, 2.75) is 31.7 Å². The zero-order valence-corrected chi connectivity index (χ0v) is 19.5. The minimum atomic E-state index is -0.172. The van der Waals surface area contributed by atoms with Crippen molar-refractivity contribution in [3.63, 3.8) is 0 Å². The van der Waals surface area contributed by atoms with Gasteiger partial charge in [0, 0.05) is 56.4 Å². The van der Waals surface area contributed by atoms with Crippen LogP contribution in [0.2, 0.25) is 0 Å². The summed E-state index contributed by atoms with van der Waals surface area (Å²) >= 11 is 0. The largest absolute Gasteiger partial charge is 0.338 e. The molecule has 0 radical (unpaired) electrons. The van der Waals surface area contributed by atoms with Gasteiger partial charge in [0.05, 0.1) is 0 Å². The van der Waals surface area contributed by atoms with E-state index in [2.05, 4.69) is 65.9 Å². The number of carbonyl (C=O) groups is 1. The SMILES string of the molecule is O=C(NCCCN1CCN(Cc2ccccc2)CC1)Nc1ccc(-c2n[nH]c(C3CC3)n2)cc1. The van der Waals surface area contributed by atoms with Crippen molar-refractivity contribution < 1.29 is 4.79 Å². The van der Waals surface area contributed by atoms with Gasteiger partial charge in [-0.25, -0.2) is 9.78 Å². The van der Waals surface area contributed by atoms with Crippen LogP contribution in [0.1, 0.15) is 36.6 Å². The van der Waals surface area contributed by atoms with E-state index in [0.29, 0.717) is 18.3 Å². The molecule has 0 bridgehead atoms. The highest BCUT2D eigenvalue weighted by Gasteiger charge is 2.27. The van der Waals surface area contributed by atoms with Gasteiger partial charge in [0.25, 0.3) is 0 Å². The number of hydrogen-bond acceptors (Lipinski definition) is 5. The first kappa shape index (κ1) is 22.6. The van der Waals surface area contributed by atoms with Crippen LogP contribution in [0, 0.1) is 0 Å². The minimum absolute atomic E-state index is 0.172. The second-order valence-corrected chi connectivity index (χ2v) is 9.23. The lowest BCUT2D eigenvalue weighted by atomic mass is 10.2. The van der Waals surface area contributed by atoms with Crippen LogP contribution in [0.3, 0.4) is 0 Å². The van der Waals surface area contributed by atoms with Crippen molar-refractivity contribution in [3.8, 4) is 11.4 Å². The van der Waals surface area contributed by atoms with Crippen molar-refractivity contribution in [1.82, 2.24) is 30.3 Å². The van der Waals surface area contributed by atoms with Crippen LogP contribution in [-0.4, -0.2) is 70.3 Å². The lowest BCUT2D eigenvalue weighted by Crippen LogP contribution is -2.46. The summed E-state index contributed by atoms with van der Waals surface area (Å²) in [6.45, 7) is 7.04. The van der Waals surface area contributed by atoms with Crippen LogP contribution in [0.5, 0.6) is 0 Å². The summed E-state index contributed by atoms with van der Waals surface area (Å²) in [5.74, 6) is 2.24. The second kappa shape index (κ2) is 10.8. The topological polar surface area (TPSA) is 89.2 Å². The highest BCUT2D eigenvalue weighted by Crippen LogP contribution is 2.38. The third-order valence-corrected chi connectivity index (χ3v) is 6.52. The lowest BCUT2D eigenvalue weighted by molar-refractivity contribution is 0.126. The number of carbonyl (C=O) groups excluding carboxylic acids is 1. The molecule has 1 aromatic heterocycles. The van der Waals surface area contributed by atoms with Gasteiger partial charge in [-0.05, 0) is 55.6 Å². The van der Waals surface area contributed by atoms with Gasteiger partial charge in [-0.1, -0.05) is 30.3 Å². The maximum absolute atomic E-state index is 12.2. The smallest absolute Gasteiger partial charge is 0.319 e. The zero-order valence-electron chi connectivity index (χ0n) is 19.5. The minimum Gasteiger partial charge on any atom is -0.338 e. The van der Waals surface area contributed by atoms with E-state index in [4.69, 9.17) is 0 Å². The third kappa shape index (κ3) is 6.21. The maximum Gasteiger partial charge on any atom is 0.319 e. The fourth-order valence-corrected chi connectivity index (χ4v) is 4.34. The van der Waals surface area contributed by atoms with Gasteiger partial charge in [0.2, 0.25) is 0 Å². The Bertz CT molecular complexity index is 1050. The van der Waals surface area contributed by atoms with E-state index < -0.39 is 0 Å². The lowest BCUT2D eigenvalue weighted by Gasteiger charge is -2.34. The van der Waals surface area contributed by atoms with Crippen molar-refractivity contribution in [2.75, 3.05) is 44.6 Å². The zero-order chi connectivity index (χ0) is 23.2. The predicted octanol–water partition coefficient (Wildman–Crippen LogP) is 3.68. The molecule has 1 saturated carbocycles. The van der Waals surface area contributed by atoms with Crippen LogP contribution in [0.25, 0.3) is 11.4 Å². The number of amides is 2. The first-order chi connectivity index (χ1) is 16.7. The first-order valence-corrected chi connectivity index (χ1v) is 12.3. The molecule has 34 heavy (non-hydrogen) atoms. The van der Waals surface area contributed by atoms with E-state index in [-0.39, 0.29) is 6.03 Å². The highest BCUT2D eigenvalue weighted by atomic mass is 16.2. The van der Waals surface area contributed by atoms with Gasteiger partial charge in [-0.3, -0.25) is 10.00 Å². The maximum atomic E-state index is 12.2. The molecule has 3 N–H and O–H groups in total. The molecule has 2 fully saturated rings. The first-order valence-electron chi connectivity index (χ1n) is 12.3. The van der Waals surface area contributed by atoms with Gasteiger partial charge in [0.15, 0.2) is 5.82 Å². The molecular weight excluding hydrogens is 426 g/mol. The predicted molar refractivity (Wildman–Crippen MR) is 134 cm³/mol. The molecule has 8 nitrogen and oxygen atoms in total. The number of rotatable bonds is 9. The van der Waals surface area contributed by atoms with E-state index in [9.17, 15) is 4.79 Å². The summed E-state index contributed by atoms with van der Waals surface area (Å²) in [7, 11) is 0. The average Bonchev–Trinajstić information content (AvgIpc) is 3.60. The van der Waals surface area contributed by atoms with Gasteiger partial charge < -0.3 is 15.5 Å². The summed E-state index contributed by atoms with van der Waals surface area (Å²) in [6.07, 6.45) is 3.33. The summed E-state index contributed by atoms with van der Waals surface area (Å²) in [6, 6.07) is 18.1. The Labute approximate surface area is 200 Å². The van der Waals surface area contributed by atoms with E-state index in [0.717, 1.165) is 62.8 Å². The van der Waals surface area contributed by atoms with Crippen LogP contribution in [-0.2, 0) is 6.54 Å². The molecule has 2 aliphatic rings. The normalized spacial score (nSPS) is 16.9. The van der Waals surface area contributed by atoms with E-state index in [1.807, 2.05) is 24.3 Å². The molecule has 3 aromatic rings. The summed E-state index contributed by atoms with van der Waals surface area (Å²) in [5.41, 5.74) is 3.08. The van der Waals surface area contributed by atoms with Crippen LogP contribution < -0.4 is 10.6 Å². The van der Waals surface area contributed by atoms with Crippen molar-refractivity contribution in [1.29, 1.82) is 0 Å². The van der Waals surface area contributed by atoms with Crippen LogP contribution >= 0.6 is 0 Å². The number of nitrogens with one attached hydrogen (secondary N) is 3. The molecule has 1 aliphatic carbocycles. The van der Waals surface area contributed by atoms with Crippen LogP contribution in [0.4, 0.5) is 10.5 Å². The number of aromatic nitrogens is 3. The molecule has 1 aliphatic heterocycles. The number of piperazine rings is 1. The Hall–Kier alpha value is -3.23. The average molecular weight is 460 g/mol. The second-order valence-electron chi connectivity index (χ2n) is 9.23. The Balaban J connectivity index is 0.971. The third-order valence-electron chi connectivity index (χ3n) is 6.52. The Morgan fingerprint density at radius 3 is 2.44 bits per heavy atom. The molecule has 8 heteroatoms. The highest BCUT2D eigenvalue weighted by molar-refractivity contribution is 5.89. The molecule has 0 spiro atoms. The van der Waals surface area contributed by atoms with Crippen LogP contribution in [0.15, 0.2) is 54.6 Å². The van der Waals surface area contributed by atoms with E-state index >= 15 is 0 Å². The number of hydrogen-bond donors (Lipinski definition) is 3. The van der Waals surface area contributed by atoms with Gasteiger partial charge >= 0.3 is 6.03 Å². The molecule has 0 atom stereocenters. The number of aromatic amines is 1. The van der Waals surface area contributed by atoms with Gasteiger partial charge in [0.1, 0.15) is 5.82 Å². The van der Waals surface area contributed by atoms with E-state index in [1.165, 1.54) is 18.4 Å². The fraction of sp³-hybridized carbons (Fsp3) is 0.423. The summed E-state index contributed by atoms with van der Waals surface area (Å²) in [4.78, 5) is 21.8. The number of H-pyrrole nitrogens is 1. The van der Waals surface area contributed by atoms with Crippen molar-refractivity contribution in [3.05, 3.63) is 66.0 Å². The molecular formula is C26H33N7O. The number of benzene rings is 2. The Morgan fingerprint density at radius 1 is 0.971 bits per heavy atom. The van der Waals surface area contributed by atoms with Crippen molar-refractivity contribution >= 4 is 11.7 Å². The number of anilines is 1. The van der Waals surface area contributed by atoms with Gasteiger partial charge in [-0.15, -0.1) is 0 Å². The summed E-state index contributed by atoms with van der Waals surface area (Å²) < 4.78 is 0. The Morgan fingerprint density at radius 2 is 1.71 bits per heavy atom. The molecule has 178 valence electrons. The summed E-state index contributed by atoms with van der Waals surface area (Å²) in [5, 5.41) is 13.2. The quantitative estimate of drug-likeness (QED) is 0.425.